The van der Waals surface area contributed by atoms with Gasteiger partial charge in [0.2, 0.25) is 0 Å². The van der Waals surface area contributed by atoms with E-state index in [0.29, 0.717) is 12.8 Å². The number of hydrogen-bond acceptors (Lipinski definition) is 4. The third kappa shape index (κ3) is 1.94. The predicted octanol–water partition coefficient (Wildman–Crippen LogP) is -0.0906. The molecule has 0 bridgehead atoms. The molecule has 5 heteroatoms. The highest BCUT2D eigenvalue weighted by Gasteiger charge is 2.47. The first kappa shape index (κ1) is 11.9. The monoisotopic (exact) mass is 221 g/mol. The Bertz CT molecular complexity index is 297. The second-order valence-electron chi connectivity index (χ2n) is 4.53. The third-order valence-corrected chi connectivity index (χ3v) is 6.06. The Balaban J connectivity index is 2.75. The van der Waals surface area contributed by atoms with E-state index >= 15 is 0 Å². The van der Waals surface area contributed by atoms with E-state index in [0.717, 1.165) is 0 Å². The molecular weight excluding hydrogens is 202 g/mol. The molecule has 1 fully saturated rings. The fourth-order valence-corrected chi connectivity index (χ4v) is 3.83. The van der Waals surface area contributed by atoms with Crippen LogP contribution in [0.2, 0.25) is 0 Å². The first-order valence-corrected chi connectivity index (χ1v) is 6.57. The summed E-state index contributed by atoms with van der Waals surface area (Å²) in [5, 5.41) is 9.40. The van der Waals surface area contributed by atoms with Crippen molar-refractivity contribution >= 4 is 9.84 Å². The lowest BCUT2D eigenvalue weighted by molar-refractivity contribution is 0.142. The topological polar surface area (TPSA) is 80.4 Å². The normalized spacial score (nSPS) is 31.6. The molecule has 1 saturated heterocycles. The molecular formula is C9H19NO3S. The molecule has 0 aromatic heterocycles. The Hall–Kier alpha value is -0.130. The third-order valence-electron chi connectivity index (χ3n) is 3.35. The lowest BCUT2D eigenvalue weighted by Gasteiger charge is -2.27. The first-order valence-electron chi connectivity index (χ1n) is 4.91. The minimum atomic E-state index is -2.98. The van der Waals surface area contributed by atoms with Gasteiger partial charge < -0.3 is 10.8 Å². The van der Waals surface area contributed by atoms with Crippen molar-refractivity contribution in [2.45, 2.75) is 37.5 Å². The summed E-state index contributed by atoms with van der Waals surface area (Å²) in [6.07, 6.45) is 0.558. The van der Waals surface area contributed by atoms with Crippen molar-refractivity contribution in [1.82, 2.24) is 0 Å². The quantitative estimate of drug-likeness (QED) is 0.698. The Morgan fingerprint density at radius 2 is 2.14 bits per heavy atom. The van der Waals surface area contributed by atoms with Crippen LogP contribution in [0.1, 0.15) is 26.7 Å². The number of nitrogens with two attached hydrogens (primary N) is 1. The number of hydrogen-bond donors (Lipinski definition) is 2. The van der Waals surface area contributed by atoms with Gasteiger partial charge in [0.25, 0.3) is 0 Å². The van der Waals surface area contributed by atoms with Crippen LogP contribution in [-0.2, 0) is 9.84 Å². The maximum Gasteiger partial charge on any atom is 0.155 e. The zero-order valence-corrected chi connectivity index (χ0v) is 9.55. The molecule has 0 spiro atoms. The van der Waals surface area contributed by atoms with E-state index in [1.165, 1.54) is 0 Å². The van der Waals surface area contributed by atoms with Crippen molar-refractivity contribution in [3.05, 3.63) is 0 Å². The molecule has 0 saturated carbocycles. The van der Waals surface area contributed by atoms with Gasteiger partial charge in [-0.1, -0.05) is 0 Å². The minimum absolute atomic E-state index is 0.0334. The summed E-state index contributed by atoms with van der Waals surface area (Å²) in [6, 6.07) is 0. The van der Waals surface area contributed by atoms with E-state index in [1.54, 1.807) is 13.8 Å². The van der Waals surface area contributed by atoms with Gasteiger partial charge in [-0.25, -0.2) is 8.42 Å². The second kappa shape index (κ2) is 3.79. The molecule has 0 aliphatic carbocycles. The van der Waals surface area contributed by atoms with Crippen LogP contribution in [0.3, 0.4) is 0 Å². The van der Waals surface area contributed by atoms with Crippen LogP contribution in [-0.4, -0.2) is 36.7 Å². The zero-order valence-electron chi connectivity index (χ0n) is 8.73. The van der Waals surface area contributed by atoms with Crippen molar-refractivity contribution < 1.29 is 13.5 Å². The van der Waals surface area contributed by atoms with E-state index in [1.807, 2.05) is 0 Å². The fourth-order valence-electron chi connectivity index (χ4n) is 1.99. The van der Waals surface area contributed by atoms with Gasteiger partial charge in [0, 0.05) is 6.54 Å². The van der Waals surface area contributed by atoms with Gasteiger partial charge in [0.1, 0.15) is 0 Å². The van der Waals surface area contributed by atoms with Crippen molar-refractivity contribution in [3.8, 4) is 0 Å². The fraction of sp³-hybridized carbons (Fsp3) is 1.00. The lowest BCUT2D eigenvalue weighted by atomic mass is 9.87. The van der Waals surface area contributed by atoms with E-state index in [4.69, 9.17) is 5.73 Å². The largest absolute Gasteiger partial charge is 0.392 e. The first-order chi connectivity index (χ1) is 6.31. The SMILES string of the molecule is CC1(C)C(CC(O)CN)CCS1(=O)=O. The average molecular weight is 221 g/mol. The number of aliphatic hydroxyl groups is 1. The van der Waals surface area contributed by atoms with Gasteiger partial charge in [-0.3, -0.25) is 0 Å². The highest BCUT2D eigenvalue weighted by atomic mass is 32.2. The van der Waals surface area contributed by atoms with Crippen LogP contribution < -0.4 is 5.73 Å². The Kier molecular flexibility index (Phi) is 3.23. The summed E-state index contributed by atoms with van der Waals surface area (Å²) in [4.78, 5) is 0. The molecule has 84 valence electrons. The molecule has 1 aliphatic heterocycles. The van der Waals surface area contributed by atoms with E-state index in [-0.39, 0.29) is 18.2 Å². The van der Waals surface area contributed by atoms with Gasteiger partial charge in [-0.15, -0.1) is 0 Å². The summed E-state index contributed by atoms with van der Waals surface area (Å²) < 4.78 is 22.6. The Morgan fingerprint density at radius 1 is 1.57 bits per heavy atom. The maximum atomic E-state index is 11.7. The van der Waals surface area contributed by atoms with Gasteiger partial charge in [0.05, 0.1) is 16.6 Å². The summed E-state index contributed by atoms with van der Waals surface area (Å²) in [6.45, 7) is 3.68. The highest BCUT2D eigenvalue weighted by Crippen LogP contribution is 2.39. The van der Waals surface area contributed by atoms with E-state index < -0.39 is 20.7 Å². The van der Waals surface area contributed by atoms with Gasteiger partial charge in [0.15, 0.2) is 9.84 Å². The van der Waals surface area contributed by atoms with Crippen LogP contribution in [0, 0.1) is 5.92 Å². The molecule has 0 aromatic rings. The van der Waals surface area contributed by atoms with E-state index in [2.05, 4.69) is 0 Å². The predicted molar refractivity (Wildman–Crippen MR) is 55.7 cm³/mol. The molecule has 4 nitrogen and oxygen atoms in total. The summed E-state index contributed by atoms with van der Waals surface area (Å²) >= 11 is 0. The standard InChI is InChI=1S/C9H19NO3S/c1-9(2)7(5-8(11)6-10)3-4-14(9,12)13/h7-8,11H,3-6,10H2,1-2H3. The van der Waals surface area contributed by atoms with Crippen LogP contribution in [0.25, 0.3) is 0 Å². The summed E-state index contributed by atoms with van der Waals surface area (Å²) in [7, 11) is -2.98. The molecule has 0 amide bonds. The van der Waals surface area contributed by atoms with Crippen molar-refractivity contribution in [3.63, 3.8) is 0 Å². The van der Waals surface area contributed by atoms with Crippen LogP contribution in [0.15, 0.2) is 0 Å². The Morgan fingerprint density at radius 3 is 2.50 bits per heavy atom. The van der Waals surface area contributed by atoms with Crippen LogP contribution in [0.5, 0.6) is 0 Å². The number of rotatable bonds is 3. The smallest absolute Gasteiger partial charge is 0.155 e. The summed E-state index contributed by atoms with van der Waals surface area (Å²) in [5.41, 5.74) is 5.31. The van der Waals surface area contributed by atoms with Crippen molar-refractivity contribution in [2.24, 2.45) is 11.7 Å². The van der Waals surface area contributed by atoms with Gasteiger partial charge in [-0.2, -0.15) is 0 Å². The lowest BCUT2D eigenvalue weighted by Crippen LogP contribution is -2.36. The van der Waals surface area contributed by atoms with Gasteiger partial charge >= 0.3 is 0 Å². The molecule has 1 rings (SSSR count). The van der Waals surface area contributed by atoms with Crippen LogP contribution >= 0.6 is 0 Å². The molecule has 0 radical (unpaired) electrons. The highest BCUT2D eigenvalue weighted by molar-refractivity contribution is 7.93. The molecule has 3 N–H and O–H groups in total. The molecule has 1 aliphatic rings. The Labute approximate surface area is 85.4 Å². The molecule has 1 heterocycles. The summed E-state index contributed by atoms with van der Waals surface area (Å²) in [5.74, 6) is 0.271. The minimum Gasteiger partial charge on any atom is -0.392 e. The van der Waals surface area contributed by atoms with Crippen molar-refractivity contribution in [1.29, 1.82) is 0 Å². The zero-order chi connectivity index (χ0) is 11.0. The van der Waals surface area contributed by atoms with E-state index in [9.17, 15) is 13.5 Å². The maximum absolute atomic E-state index is 11.7. The number of aliphatic hydroxyl groups excluding tert-OH is 1. The average Bonchev–Trinajstić information content (AvgIpc) is 2.28. The van der Waals surface area contributed by atoms with Gasteiger partial charge in [-0.05, 0) is 32.6 Å². The molecule has 14 heavy (non-hydrogen) atoms. The molecule has 0 aromatic carbocycles. The second-order valence-corrected chi connectivity index (χ2v) is 7.22. The van der Waals surface area contributed by atoms with Crippen LogP contribution in [0.4, 0.5) is 0 Å². The van der Waals surface area contributed by atoms with Crippen molar-refractivity contribution in [2.75, 3.05) is 12.3 Å². The molecule has 2 atom stereocenters. The molecule has 2 unspecified atom stereocenters. The number of sulfone groups is 1.